The van der Waals surface area contributed by atoms with Crippen molar-refractivity contribution < 1.29 is 23.5 Å². The molecule has 166 valence electrons. The second-order valence-electron chi connectivity index (χ2n) is 7.19. The molecule has 5 rings (SSSR count). The number of rotatable bonds is 6. The molecule has 1 aliphatic rings. The maximum absolute atomic E-state index is 12.4. The molecule has 2 heterocycles. The van der Waals surface area contributed by atoms with Crippen molar-refractivity contribution in [3.63, 3.8) is 0 Å². The highest BCUT2D eigenvalue weighted by molar-refractivity contribution is 6.31. The van der Waals surface area contributed by atoms with Crippen LogP contribution in [0.1, 0.15) is 5.89 Å². The van der Waals surface area contributed by atoms with Crippen LogP contribution in [-0.2, 0) is 11.3 Å². The number of benzene rings is 3. The lowest BCUT2D eigenvalue weighted by Crippen LogP contribution is -2.38. The number of methoxy groups -OCH3 is 1. The van der Waals surface area contributed by atoms with Crippen LogP contribution >= 0.6 is 11.6 Å². The molecule has 0 unspecified atom stereocenters. The summed E-state index contributed by atoms with van der Waals surface area (Å²) in [6, 6.07) is 19.7. The van der Waals surface area contributed by atoms with Gasteiger partial charge in [0, 0.05) is 10.6 Å². The van der Waals surface area contributed by atoms with Gasteiger partial charge in [-0.1, -0.05) is 16.8 Å². The number of nitrogens with zero attached hydrogens (tertiary/aromatic N) is 3. The summed E-state index contributed by atoms with van der Waals surface area (Å²) in [6.07, 6.45) is 0. The minimum Gasteiger partial charge on any atom is -0.497 e. The molecule has 0 fully saturated rings. The molecule has 0 atom stereocenters. The minimum atomic E-state index is -0.218. The normalized spacial score (nSPS) is 12.8. The van der Waals surface area contributed by atoms with Crippen molar-refractivity contribution in [2.75, 3.05) is 18.6 Å². The maximum atomic E-state index is 12.4. The number of aromatic nitrogens is 2. The zero-order chi connectivity index (χ0) is 22.8. The molecular formula is C24H18ClN3O5. The van der Waals surface area contributed by atoms with Crippen molar-refractivity contribution in [2.45, 2.75) is 6.54 Å². The Labute approximate surface area is 194 Å². The van der Waals surface area contributed by atoms with E-state index in [0.717, 1.165) is 11.3 Å². The lowest BCUT2D eigenvalue weighted by atomic mass is 10.2. The molecule has 0 aliphatic carbocycles. The Bertz CT molecular complexity index is 1290. The number of carbonyl (C=O) groups is 1. The highest BCUT2D eigenvalue weighted by Crippen LogP contribution is 2.35. The molecule has 0 saturated carbocycles. The number of carbonyl (C=O) groups excluding carboxylic acids is 1. The Morgan fingerprint density at radius 3 is 2.42 bits per heavy atom. The number of anilines is 1. The van der Waals surface area contributed by atoms with Crippen LogP contribution in [0.15, 0.2) is 71.3 Å². The highest BCUT2D eigenvalue weighted by Gasteiger charge is 2.27. The highest BCUT2D eigenvalue weighted by atomic mass is 35.5. The van der Waals surface area contributed by atoms with Crippen molar-refractivity contribution in [3.05, 3.63) is 77.6 Å². The van der Waals surface area contributed by atoms with Gasteiger partial charge in [-0.2, -0.15) is 4.98 Å². The number of fused-ring (bicyclic) bond motifs is 1. The zero-order valence-electron chi connectivity index (χ0n) is 17.5. The van der Waals surface area contributed by atoms with Crippen molar-refractivity contribution in [3.8, 4) is 34.4 Å². The van der Waals surface area contributed by atoms with Gasteiger partial charge in [0.05, 0.1) is 12.8 Å². The van der Waals surface area contributed by atoms with Crippen molar-refractivity contribution in [2.24, 2.45) is 0 Å². The fourth-order valence-corrected chi connectivity index (χ4v) is 3.54. The summed E-state index contributed by atoms with van der Waals surface area (Å²) in [6.45, 7) is 0.0481. The molecule has 4 aromatic rings. The Balaban J connectivity index is 1.30. The van der Waals surface area contributed by atoms with Crippen LogP contribution in [0.25, 0.3) is 11.4 Å². The lowest BCUT2D eigenvalue weighted by Gasteiger charge is -2.28. The van der Waals surface area contributed by atoms with Gasteiger partial charge in [0.15, 0.2) is 6.61 Å². The third-order valence-corrected chi connectivity index (χ3v) is 5.27. The van der Waals surface area contributed by atoms with Crippen LogP contribution in [0.5, 0.6) is 23.0 Å². The van der Waals surface area contributed by atoms with E-state index >= 15 is 0 Å². The van der Waals surface area contributed by atoms with E-state index in [1.165, 1.54) is 4.90 Å². The van der Waals surface area contributed by atoms with Crippen LogP contribution in [0, 0.1) is 0 Å². The number of amides is 1. The van der Waals surface area contributed by atoms with Gasteiger partial charge in [0.1, 0.15) is 29.5 Å². The number of hydrogen-bond acceptors (Lipinski definition) is 7. The molecule has 1 amide bonds. The summed E-state index contributed by atoms with van der Waals surface area (Å²) < 4.78 is 21.8. The average molecular weight is 464 g/mol. The molecule has 8 nitrogen and oxygen atoms in total. The first-order chi connectivity index (χ1) is 16.1. The summed E-state index contributed by atoms with van der Waals surface area (Å²) in [7, 11) is 1.62. The predicted octanol–water partition coefficient (Wildman–Crippen LogP) is 5.12. The molecule has 0 saturated heterocycles. The fraction of sp³-hybridized carbons (Fsp3) is 0.125. The predicted molar refractivity (Wildman–Crippen MR) is 121 cm³/mol. The molecule has 0 radical (unpaired) electrons. The van der Waals surface area contributed by atoms with E-state index in [4.69, 9.17) is 30.3 Å². The van der Waals surface area contributed by atoms with Gasteiger partial charge in [-0.3, -0.25) is 9.69 Å². The molecule has 3 aromatic carbocycles. The molecule has 9 heteroatoms. The van der Waals surface area contributed by atoms with E-state index in [0.29, 0.717) is 39.7 Å². The van der Waals surface area contributed by atoms with Gasteiger partial charge in [-0.15, -0.1) is 0 Å². The summed E-state index contributed by atoms with van der Waals surface area (Å²) in [5.41, 5.74) is 1.32. The zero-order valence-corrected chi connectivity index (χ0v) is 18.3. The van der Waals surface area contributed by atoms with E-state index in [9.17, 15) is 4.79 Å². The second kappa shape index (κ2) is 8.84. The summed E-state index contributed by atoms with van der Waals surface area (Å²) in [4.78, 5) is 18.4. The summed E-state index contributed by atoms with van der Waals surface area (Å²) in [5.74, 6) is 3.19. The molecule has 0 bridgehead atoms. The molecule has 0 N–H and O–H groups in total. The van der Waals surface area contributed by atoms with E-state index in [-0.39, 0.29) is 19.1 Å². The van der Waals surface area contributed by atoms with Crippen LogP contribution in [0.3, 0.4) is 0 Å². The van der Waals surface area contributed by atoms with E-state index < -0.39 is 0 Å². The molecule has 1 aromatic heterocycles. The largest absolute Gasteiger partial charge is 0.497 e. The molecule has 33 heavy (non-hydrogen) atoms. The third kappa shape index (κ3) is 4.47. The first-order valence-electron chi connectivity index (χ1n) is 10.1. The minimum absolute atomic E-state index is 0.0642. The van der Waals surface area contributed by atoms with E-state index in [1.807, 2.05) is 48.5 Å². The maximum Gasteiger partial charge on any atom is 0.265 e. The Morgan fingerprint density at radius 1 is 1.00 bits per heavy atom. The van der Waals surface area contributed by atoms with Crippen LogP contribution in [0.2, 0.25) is 5.02 Å². The molecule has 1 aliphatic heterocycles. The van der Waals surface area contributed by atoms with E-state index in [1.54, 1.807) is 25.3 Å². The summed E-state index contributed by atoms with van der Waals surface area (Å²) in [5, 5.41) is 4.55. The second-order valence-corrected chi connectivity index (χ2v) is 7.63. The molecular weight excluding hydrogens is 446 g/mol. The number of hydrogen-bond donors (Lipinski definition) is 0. The van der Waals surface area contributed by atoms with Crippen LogP contribution < -0.4 is 19.1 Å². The van der Waals surface area contributed by atoms with Crippen molar-refractivity contribution >= 4 is 23.2 Å². The standard InChI is InChI=1S/C24H18ClN3O5/c1-30-17-7-9-19(10-8-17)32-18-5-2-15(3-6-18)24-26-22(33-27-24)13-28-20-12-16(25)4-11-21(20)31-14-23(28)29/h2-12H,13-14H2,1H3. The van der Waals surface area contributed by atoms with Gasteiger partial charge < -0.3 is 18.7 Å². The lowest BCUT2D eigenvalue weighted by molar-refractivity contribution is -0.121. The Hall–Kier alpha value is -4.04. The van der Waals surface area contributed by atoms with Gasteiger partial charge in [0.2, 0.25) is 11.7 Å². The van der Waals surface area contributed by atoms with Gasteiger partial charge in [-0.05, 0) is 66.7 Å². The number of ether oxygens (including phenoxy) is 3. The Morgan fingerprint density at radius 2 is 1.70 bits per heavy atom. The van der Waals surface area contributed by atoms with Gasteiger partial charge >= 0.3 is 0 Å². The summed E-state index contributed by atoms with van der Waals surface area (Å²) >= 11 is 6.09. The monoisotopic (exact) mass is 463 g/mol. The van der Waals surface area contributed by atoms with Crippen LogP contribution in [0.4, 0.5) is 5.69 Å². The molecule has 0 spiro atoms. The fourth-order valence-electron chi connectivity index (χ4n) is 3.37. The topological polar surface area (TPSA) is 86.9 Å². The first-order valence-corrected chi connectivity index (χ1v) is 10.4. The first kappa shape index (κ1) is 20.8. The average Bonchev–Trinajstić information content (AvgIpc) is 3.31. The third-order valence-electron chi connectivity index (χ3n) is 5.03. The number of halogens is 1. The smallest absolute Gasteiger partial charge is 0.265 e. The Kier molecular flexibility index (Phi) is 5.58. The van der Waals surface area contributed by atoms with Gasteiger partial charge in [-0.25, -0.2) is 0 Å². The van der Waals surface area contributed by atoms with Gasteiger partial charge in [0.25, 0.3) is 5.91 Å². The van der Waals surface area contributed by atoms with Crippen LogP contribution in [-0.4, -0.2) is 29.8 Å². The quantitative estimate of drug-likeness (QED) is 0.392. The SMILES string of the molecule is COc1ccc(Oc2ccc(-c3noc(CN4C(=O)COc5ccc(Cl)cc54)n3)cc2)cc1. The van der Waals surface area contributed by atoms with Crippen molar-refractivity contribution in [1.82, 2.24) is 10.1 Å². The van der Waals surface area contributed by atoms with Crippen molar-refractivity contribution in [1.29, 1.82) is 0 Å². The van der Waals surface area contributed by atoms with E-state index in [2.05, 4.69) is 10.1 Å².